The Morgan fingerprint density at radius 3 is 2.83 bits per heavy atom. The third-order valence-electron chi connectivity index (χ3n) is 3.16. The first-order valence-electron chi connectivity index (χ1n) is 5.85. The average Bonchev–Trinajstić information content (AvgIpc) is 2.80. The van der Waals surface area contributed by atoms with Crippen LogP contribution >= 0.6 is 0 Å². The van der Waals surface area contributed by atoms with Crippen LogP contribution in [-0.4, -0.2) is 18.7 Å². The zero-order valence-corrected chi connectivity index (χ0v) is 9.68. The number of fused-ring (bicyclic) bond motifs is 1. The topological polar surface area (TPSA) is 61.8 Å². The Kier molecular flexibility index (Phi) is 2.66. The number of hydrogen-bond acceptors (Lipinski definition) is 5. The van der Waals surface area contributed by atoms with Crippen molar-refractivity contribution in [2.24, 2.45) is 5.92 Å². The van der Waals surface area contributed by atoms with Gasteiger partial charge in [-0.15, -0.1) is 0 Å². The predicted octanol–water partition coefficient (Wildman–Crippen LogP) is 1.44. The average molecular weight is 248 g/mol. The van der Waals surface area contributed by atoms with Crippen LogP contribution in [0.1, 0.15) is 18.4 Å². The van der Waals surface area contributed by atoms with Gasteiger partial charge in [-0.1, -0.05) is 6.07 Å². The highest BCUT2D eigenvalue weighted by Crippen LogP contribution is 2.33. The van der Waals surface area contributed by atoms with Crippen molar-refractivity contribution >= 4 is 11.9 Å². The molecular weight excluding hydrogens is 236 g/mol. The molecule has 1 unspecified atom stereocenters. The van der Waals surface area contributed by atoms with Gasteiger partial charge in [-0.3, -0.25) is 9.59 Å². The Morgan fingerprint density at radius 1 is 1.17 bits per heavy atom. The van der Waals surface area contributed by atoms with Gasteiger partial charge in [0.1, 0.15) is 0 Å². The summed E-state index contributed by atoms with van der Waals surface area (Å²) in [6.07, 6.45) is 1.41. The number of ether oxygens (including phenoxy) is 3. The zero-order chi connectivity index (χ0) is 12.5. The molecule has 1 atom stereocenters. The van der Waals surface area contributed by atoms with E-state index >= 15 is 0 Å². The second-order valence-electron chi connectivity index (χ2n) is 4.42. The minimum atomic E-state index is -0.429. The predicted molar refractivity (Wildman–Crippen MR) is 60.1 cm³/mol. The van der Waals surface area contributed by atoms with Gasteiger partial charge in [0.05, 0.1) is 5.92 Å². The smallest absolute Gasteiger partial charge is 0.316 e. The first kappa shape index (κ1) is 11.1. The SMILES string of the molecule is O=C1CCC(Cc2ccc3c(c2)OCO3)C(=O)O1. The fourth-order valence-electron chi connectivity index (χ4n) is 2.19. The van der Waals surface area contributed by atoms with Crippen LogP contribution in [0.4, 0.5) is 0 Å². The van der Waals surface area contributed by atoms with Crippen molar-refractivity contribution in [3.8, 4) is 11.5 Å². The second kappa shape index (κ2) is 4.33. The quantitative estimate of drug-likeness (QED) is 0.585. The number of esters is 2. The summed E-state index contributed by atoms with van der Waals surface area (Å²) in [4.78, 5) is 22.5. The maximum atomic E-state index is 11.5. The van der Waals surface area contributed by atoms with Gasteiger partial charge in [0.2, 0.25) is 6.79 Å². The van der Waals surface area contributed by atoms with E-state index in [1.165, 1.54) is 0 Å². The van der Waals surface area contributed by atoms with E-state index in [0.717, 1.165) is 11.3 Å². The molecule has 0 N–H and O–H groups in total. The fourth-order valence-corrected chi connectivity index (χ4v) is 2.19. The summed E-state index contributed by atoms with van der Waals surface area (Å²) in [5, 5.41) is 0. The fraction of sp³-hybridized carbons (Fsp3) is 0.385. The molecule has 1 fully saturated rings. The van der Waals surface area contributed by atoms with Crippen molar-refractivity contribution in [3.63, 3.8) is 0 Å². The summed E-state index contributed by atoms with van der Waals surface area (Å²) in [5.41, 5.74) is 0.982. The van der Waals surface area contributed by atoms with Gasteiger partial charge < -0.3 is 14.2 Å². The molecule has 94 valence electrons. The summed E-state index contributed by atoms with van der Waals surface area (Å²) in [5.74, 6) is 0.321. The molecule has 18 heavy (non-hydrogen) atoms. The Labute approximate surface area is 104 Å². The van der Waals surface area contributed by atoms with E-state index in [1.807, 2.05) is 18.2 Å². The van der Waals surface area contributed by atoms with Gasteiger partial charge in [-0.25, -0.2) is 0 Å². The van der Waals surface area contributed by atoms with E-state index < -0.39 is 11.9 Å². The van der Waals surface area contributed by atoms with Crippen molar-refractivity contribution in [2.45, 2.75) is 19.3 Å². The summed E-state index contributed by atoms with van der Waals surface area (Å²) < 4.78 is 15.1. The first-order chi connectivity index (χ1) is 8.72. The molecule has 1 saturated heterocycles. The van der Waals surface area contributed by atoms with E-state index in [0.29, 0.717) is 25.0 Å². The van der Waals surface area contributed by atoms with Crippen molar-refractivity contribution < 1.29 is 23.8 Å². The van der Waals surface area contributed by atoms with Crippen LogP contribution in [0.25, 0.3) is 0 Å². The summed E-state index contributed by atoms with van der Waals surface area (Å²) >= 11 is 0. The number of cyclic esters (lactones) is 2. The molecule has 0 spiro atoms. The van der Waals surface area contributed by atoms with Crippen LogP contribution in [0, 0.1) is 5.92 Å². The summed E-state index contributed by atoms with van der Waals surface area (Å²) in [7, 11) is 0. The number of benzene rings is 1. The van der Waals surface area contributed by atoms with E-state index in [2.05, 4.69) is 4.74 Å². The minimum absolute atomic E-state index is 0.235. The molecule has 5 heteroatoms. The Hall–Kier alpha value is -2.04. The largest absolute Gasteiger partial charge is 0.454 e. The van der Waals surface area contributed by atoms with Crippen LogP contribution in [0.5, 0.6) is 11.5 Å². The molecule has 0 aliphatic carbocycles. The van der Waals surface area contributed by atoms with E-state index in [-0.39, 0.29) is 12.7 Å². The lowest BCUT2D eigenvalue weighted by molar-refractivity contribution is -0.167. The Morgan fingerprint density at radius 2 is 2.00 bits per heavy atom. The first-order valence-corrected chi connectivity index (χ1v) is 5.85. The molecule has 5 nitrogen and oxygen atoms in total. The van der Waals surface area contributed by atoms with E-state index in [9.17, 15) is 9.59 Å². The molecule has 0 bridgehead atoms. The molecule has 2 aliphatic heterocycles. The van der Waals surface area contributed by atoms with Gasteiger partial charge in [0, 0.05) is 6.42 Å². The third kappa shape index (κ3) is 2.03. The van der Waals surface area contributed by atoms with Crippen molar-refractivity contribution in [1.29, 1.82) is 0 Å². The van der Waals surface area contributed by atoms with Gasteiger partial charge in [-0.2, -0.15) is 0 Å². The van der Waals surface area contributed by atoms with Crippen LogP contribution in [0.3, 0.4) is 0 Å². The molecule has 3 rings (SSSR count). The number of hydrogen-bond donors (Lipinski definition) is 0. The normalized spacial score (nSPS) is 21.9. The van der Waals surface area contributed by atoms with Crippen molar-refractivity contribution in [3.05, 3.63) is 23.8 Å². The van der Waals surface area contributed by atoms with Gasteiger partial charge in [-0.05, 0) is 30.5 Å². The van der Waals surface area contributed by atoms with Crippen molar-refractivity contribution in [2.75, 3.05) is 6.79 Å². The minimum Gasteiger partial charge on any atom is -0.454 e. The zero-order valence-electron chi connectivity index (χ0n) is 9.68. The van der Waals surface area contributed by atoms with Gasteiger partial charge in [0.25, 0.3) is 0 Å². The van der Waals surface area contributed by atoms with Crippen LogP contribution < -0.4 is 9.47 Å². The lowest BCUT2D eigenvalue weighted by atomic mass is 9.93. The highest BCUT2D eigenvalue weighted by molar-refractivity contribution is 5.89. The highest BCUT2D eigenvalue weighted by Gasteiger charge is 2.29. The lowest BCUT2D eigenvalue weighted by Crippen LogP contribution is -2.29. The molecule has 0 saturated carbocycles. The number of carbonyl (C=O) groups excluding carboxylic acids is 2. The summed E-state index contributed by atoms with van der Waals surface area (Å²) in [6.45, 7) is 0.235. The molecule has 1 aromatic carbocycles. The van der Waals surface area contributed by atoms with Crippen molar-refractivity contribution in [1.82, 2.24) is 0 Å². The van der Waals surface area contributed by atoms with Crippen LogP contribution in [-0.2, 0) is 20.7 Å². The maximum Gasteiger partial charge on any atom is 0.316 e. The highest BCUT2D eigenvalue weighted by atomic mass is 16.7. The molecule has 2 aliphatic rings. The second-order valence-corrected chi connectivity index (χ2v) is 4.42. The van der Waals surface area contributed by atoms with E-state index in [1.54, 1.807) is 0 Å². The van der Waals surface area contributed by atoms with Gasteiger partial charge >= 0.3 is 11.9 Å². The lowest BCUT2D eigenvalue weighted by Gasteiger charge is -2.19. The molecule has 0 aromatic heterocycles. The standard InChI is InChI=1S/C13H12O5/c14-12-4-2-9(13(15)18-12)5-8-1-3-10-11(6-8)17-7-16-10/h1,3,6,9H,2,4-5,7H2. The van der Waals surface area contributed by atoms with Crippen LogP contribution in [0.2, 0.25) is 0 Å². The van der Waals surface area contributed by atoms with E-state index in [4.69, 9.17) is 9.47 Å². The number of rotatable bonds is 2. The Bertz CT molecular complexity index is 508. The molecule has 1 aromatic rings. The van der Waals surface area contributed by atoms with Crippen LogP contribution in [0.15, 0.2) is 18.2 Å². The monoisotopic (exact) mass is 248 g/mol. The molecular formula is C13H12O5. The molecule has 2 heterocycles. The summed E-state index contributed by atoms with van der Waals surface area (Å²) in [6, 6.07) is 5.60. The Balaban J connectivity index is 1.73. The maximum absolute atomic E-state index is 11.5. The number of carbonyl (C=O) groups is 2. The third-order valence-corrected chi connectivity index (χ3v) is 3.16. The molecule has 0 radical (unpaired) electrons. The van der Waals surface area contributed by atoms with Gasteiger partial charge in [0.15, 0.2) is 11.5 Å². The molecule has 0 amide bonds.